The van der Waals surface area contributed by atoms with Gasteiger partial charge < -0.3 is 10.2 Å². The van der Waals surface area contributed by atoms with Crippen LogP contribution in [-0.2, 0) is 16.0 Å². The Morgan fingerprint density at radius 3 is 2.71 bits per heavy atom. The van der Waals surface area contributed by atoms with Gasteiger partial charge in [-0.25, -0.2) is 0 Å². The summed E-state index contributed by atoms with van der Waals surface area (Å²) in [7, 11) is 1.65. The molecular formula is C16H21ClN2O2. The average Bonchev–Trinajstić information content (AvgIpc) is 2.94. The molecule has 0 aromatic heterocycles. The van der Waals surface area contributed by atoms with Gasteiger partial charge in [0.15, 0.2) is 0 Å². The second-order valence-corrected chi connectivity index (χ2v) is 5.93. The summed E-state index contributed by atoms with van der Waals surface area (Å²) in [5.74, 6) is 0.518. The normalized spacial score (nSPS) is 17.8. The van der Waals surface area contributed by atoms with Gasteiger partial charge in [0.2, 0.25) is 11.8 Å². The lowest BCUT2D eigenvalue weighted by Crippen LogP contribution is -2.29. The van der Waals surface area contributed by atoms with Crippen molar-refractivity contribution in [2.75, 3.05) is 20.1 Å². The molecular weight excluding hydrogens is 288 g/mol. The first kappa shape index (κ1) is 15.8. The Labute approximate surface area is 130 Å². The van der Waals surface area contributed by atoms with Crippen LogP contribution in [0, 0.1) is 5.92 Å². The summed E-state index contributed by atoms with van der Waals surface area (Å²) in [6, 6.07) is 7.59. The van der Waals surface area contributed by atoms with Crippen molar-refractivity contribution >= 4 is 23.4 Å². The number of carbonyl (C=O) groups is 2. The van der Waals surface area contributed by atoms with Gasteiger partial charge in [0.25, 0.3) is 0 Å². The number of nitrogens with zero attached hydrogens (tertiary/aromatic N) is 1. The molecule has 2 rings (SSSR count). The van der Waals surface area contributed by atoms with Gasteiger partial charge in [0.1, 0.15) is 0 Å². The first-order valence-corrected chi connectivity index (χ1v) is 7.69. The van der Waals surface area contributed by atoms with Gasteiger partial charge in [0.05, 0.1) is 0 Å². The highest BCUT2D eigenvalue weighted by Crippen LogP contribution is 2.20. The first-order valence-electron chi connectivity index (χ1n) is 7.31. The molecule has 1 aromatic carbocycles. The van der Waals surface area contributed by atoms with Crippen LogP contribution in [0.4, 0.5) is 0 Å². The molecule has 0 saturated carbocycles. The Morgan fingerprint density at radius 2 is 2.05 bits per heavy atom. The van der Waals surface area contributed by atoms with Crippen molar-refractivity contribution in [2.24, 2.45) is 5.92 Å². The van der Waals surface area contributed by atoms with Gasteiger partial charge in [-0.1, -0.05) is 23.7 Å². The van der Waals surface area contributed by atoms with Crippen LogP contribution in [0.2, 0.25) is 5.02 Å². The predicted octanol–water partition coefficient (Wildman–Crippen LogP) is 2.26. The van der Waals surface area contributed by atoms with Gasteiger partial charge >= 0.3 is 0 Å². The summed E-state index contributed by atoms with van der Waals surface area (Å²) < 4.78 is 0. The van der Waals surface area contributed by atoms with Crippen molar-refractivity contribution in [1.82, 2.24) is 10.2 Å². The lowest BCUT2D eigenvalue weighted by atomic mass is 10.0. The Balaban J connectivity index is 1.76. The topological polar surface area (TPSA) is 49.4 Å². The van der Waals surface area contributed by atoms with E-state index in [0.717, 1.165) is 24.9 Å². The maximum atomic E-state index is 12.2. The minimum atomic E-state index is 0.0514. The molecule has 5 heteroatoms. The standard InChI is InChI=1S/C16H21ClN2O2/c1-18-15(20)10-13-8-9-19(11-13)16(21)7-4-12-2-5-14(17)6-3-12/h2-3,5-6,13H,4,7-11H2,1H3,(H,18,20). The third-order valence-electron chi connectivity index (χ3n) is 3.93. The van der Waals surface area contributed by atoms with Crippen LogP contribution in [-0.4, -0.2) is 36.9 Å². The lowest BCUT2D eigenvalue weighted by Gasteiger charge is -2.16. The number of nitrogens with one attached hydrogen (secondary N) is 1. The van der Waals surface area contributed by atoms with E-state index in [0.29, 0.717) is 30.3 Å². The average molecular weight is 309 g/mol. The molecule has 21 heavy (non-hydrogen) atoms. The number of hydrogen-bond donors (Lipinski definition) is 1. The number of amides is 2. The number of carbonyl (C=O) groups excluding carboxylic acids is 2. The smallest absolute Gasteiger partial charge is 0.222 e. The Morgan fingerprint density at radius 1 is 1.33 bits per heavy atom. The van der Waals surface area contributed by atoms with Crippen LogP contribution in [0.15, 0.2) is 24.3 Å². The summed E-state index contributed by atoms with van der Waals surface area (Å²) >= 11 is 5.84. The van der Waals surface area contributed by atoms with Crippen LogP contribution >= 0.6 is 11.6 Å². The first-order chi connectivity index (χ1) is 10.1. The lowest BCUT2D eigenvalue weighted by molar-refractivity contribution is -0.130. The van der Waals surface area contributed by atoms with Gasteiger partial charge in [0, 0.05) is 38.0 Å². The van der Waals surface area contributed by atoms with Crippen molar-refractivity contribution in [3.63, 3.8) is 0 Å². The Kier molecular flexibility index (Phi) is 5.62. The molecule has 0 radical (unpaired) electrons. The van der Waals surface area contributed by atoms with Crippen LogP contribution < -0.4 is 5.32 Å². The molecule has 0 aliphatic carbocycles. The maximum absolute atomic E-state index is 12.2. The van der Waals surface area contributed by atoms with Gasteiger partial charge in [-0.05, 0) is 36.5 Å². The zero-order valence-electron chi connectivity index (χ0n) is 12.3. The second-order valence-electron chi connectivity index (χ2n) is 5.50. The third kappa shape index (κ3) is 4.74. The van der Waals surface area contributed by atoms with E-state index in [1.165, 1.54) is 0 Å². The molecule has 114 valence electrons. The van der Waals surface area contributed by atoms with E-state index in [1.807, 2.05) is 29.2 Å². The minimum Gasteiger partial charge on any atom is -0.359 e. The summed E-state index contributed by atoms with van der Waals surface area (Å²) in [6.45, 7) is 1.47. The van der Waals surface area contributed by atoms with Crippen molar-refractivity contribution in [3.05, 3.63) is 34.9 Å². The van der Waals surface area contributed by atoms with Crippen LogP contribution in [0.25, 0.3) is 0 Å². The van der Waals surface area contributed by atoms with E-state index >= 15 is 0 Å². The fourth-order valence-corrected chi connectivity index (χ4v) is 2.78. The largest absolute Gasteiger partial charge is 0.359 e. The van der Waals surface area contributed by atoms with E-state index in [2.05, 4.69) is 5.32 Å². The SMILES string of the molecule is CNC(=O)CC1CCN(C(=O)CCc2ccc(Cl)cc2)C1. The molecule has 1 unspecified atom stereocenters. The zero-order valence-corrected chi connectivity index (χ0v) is 13.0. The maximum Gasteiger partial charge on any atom is 0.222 e. The van der Waals surface area contributed by atoms with E-state index in [-0.39, 0.29) is 11.8 Å². The van der Waals surface area contributed by atoms with E-state index in [9.17, 15) is 9.59 Å². The third-order valence-corrected chi connectivity index (χ3v) is 4.18. The summed E-state index contributed by atoms with van der Waals surface area (Å²) in [6.07, 6.45) is 2.67. The van der Waals surface area contributed by atoms with Crippen LogP contribution in [0.1, 0.15) is 24.8 Å². The molecule has 4 nitrogen and oxygen atoms in total. The number of likely N-dealkylation sites (tertiary alicyclic amines) is 1. The number of rotatable bonds is 5. The van der Waals surface area contributed by atoms with Crippen molar-refractivity contribution in [3.8, 4) is 0 Å². The highest BCUT2D eigenvalue weighted by molar-refractivity contribution is 6.30. The number of benzene rings is 1. The highest BCUT2D eigenvalue weighted by atomic mass is 35.5. The van der Waals surface area contributed by atoms with Crippen molar-refractivity contribution in [1.29, 1.82) is 0 Å². The van der Waals surface area contributed by atoms with Crippen molar-refractivity contribution in [2.45, 2.75) is 25.7 Å². The molecule has 1 saturated heterocycles. The van der Waals surface area contributed by atoms with E-state index in [1.54, 1.807) is 7.05 Å². The predicted molar refractivity (Wildman–Crippen MR) is 83.1 cm³/mol. The summed E-state index contributed by atoms with van der Waals surface area (Å²) in [4.78, 5) is 25.4. The monoisotopic (exact) mass is 308 g/mol. The van der Waals surface area contributed by atoms with Crippen molar-refractivity contribution < 1.29 is 9.59 Å². The quantitative estimate of drug-likeness (QED) is 0.907. The molecule has 1 aromatic rings. The molecule has 1 fully saturated rings. The summed E-state index contributed by atoms with van der Waals surface area (Å²) in [5, 5.41) is 3.34. The molecule has 1 aliphatic rings. The molecule has 1 N–H and O–H groups in total. The fourth-order valence-electron chi connectivity index (χ4n) is 2.65. The van der Waals surface area contributed by atoms with Crippen LogP contribution in [0.5, 0.6) is 0 Å². The van der Waals surface area contributed by atoms with Gasteiger partial charge in [-0.2, -0.15) is 0 Å². The summed E-state index contributed by atoms with van der Waals surface area (Å²) in [5.41, 5.74) is 1.12. The number of hydrogen-bond acceptors (Lipinski definition) is 2. The molecule has 1 heterocycles. The molecule has 0 bridgehead atoms. The van der Waals surface area contributed by atoms with Crippen LogP contribution in [0.3, 0.4) is 0 Å². The molecule has 1 aliphatic heterocycles. The fraction of sp³-hybridized carbons (Fsp3) is 0.500. The molecule has 1 atom stereocenters. The Bertz CT molecular complexity index is 502. The van der Waals surface area contributed by atoms with E-state index < -0.39 is 0 Å². The van der Waals surface area contributed by atoms with Gasteiger partial charge in [-0.15, -0.1) is 0 Å². The Hall–Kier alpha value is -1.55. The zero-order chi connectivity index (χ0) is 15.2. The number of aryl methyl sites for hydroxylation is 1. The van der Waals surface area contributed by atoms with Gasteiger partial charge in [-0.3, -0.25) is 9.59 Å². The highest BCUT2D eigenvalue weighted by Gasteiger charge is 2.27. The number of halogens is 1. The minimum absolute atomic E-state index is 0.0514. The van der Waals surface area contributed by atoms with E-state index in [4.69, 9.17) is 11.6 Å². The molecule has 0 spiro atoms. The second kappa shape index (κ2) is 7.46. The molecule has 2 amide bonds.